The molecular formula is C32H50N4O6S. The molecule has 0 aliphatic heterocycles. The Morgan fingerprint density at radius 2 is 1.77 bits per heavy atom. The number of hydrogen-bond acceptors (Lipinski definition) is 7. The van der Waals surface area contributed by atoms with Crippen molar-refractivity contribution in [3.8, 4) is 0 Å². The first-order chi connectivity index (χ1) is 20.1. The SMILES string of the molecule is Cc1ccc(S(=O)(=O)n2cnc(C[C@@H](C(=O)N[C@@H](CC3CCCCC3)[C@@H](O)CC(C)C)N(C)C(=O)OC(C)(C)C)c2)cc1. The van der Waals surface area contributed by atoms with E-state index in [1.54, 1.807) is 32.9 Å². The number of ether oxygens (including phenoxy) is 1. The molecule has 240 valence electrons. The van der Waals surface area contributed by atoms with Crippen LogP contribution in [-0.4, -0.2) is 70.2 Å². The van der Waals surface area contributed by atoms with Crippen molar-refractivity contribution < 1.29 is 27.9 Å². The van der Waals surface area contributed by atoms with Gasteiger partial charge in [-0.3, -0.25) is 9.69 Å². The third kappa shape index (κ3) is 10.1. The van der Waals surface area contributed by atoms with Crippen LogP contribution in [-0.2, 0) is 26.0 Å². The molecule has 1 aromatic carbocycles. The average molecular weight is 619 g/mol. The Hall–Kier alpha value is -2.92. The molecule has 1 aliphatic rings. The smallest absolute Gasteiger partial charge is 0.410 e. The van der Waals surface area contributed by atoms with Crippen molar-refractivity contribution in [2.45, 2.75) is 122 Å². The highest BCUT2D eigenvalue weighted by molar-refractivity contribution is 7.90. The molecule has 0 spiro atoms. The second kappa shape index (κ2) is 14.7. The van der Waals surface area contributed by atoms with E-state index in [4.69, 9.17) is 4.74 Å². The molecule has 11 heteroatoms. The van der Waals surface area contributed by atoms with E-state index in [0.29, 0.717) is 24.5 Å². The number of amides is 2. The zero-order valence-corrected chi connectivity index (χ0v) is 27.6. The summed E-state index contributed by atoms with van der Waals surface area (Å²) in [4.78, 5) is 32.7. The molecule has 0 unspecified atom stereocenters. The van der Waals surface area contributed by atoms with Crippen molar-refractivity contribution in [1.82, 2.24) is 19.2 Å². The number of nitrogens with one attached hydrogen (secondary N) is 1. The first-order valence-electron chi connectivity index (χ1n) is 15.4. The van der Waals surface area contributed by atoms with Crippen molar-refractivity contribution in [1.29, 1.82) is 0 Å². The number of aliphatic hydroxyl groups excluding tert-OH is 1. The Morgan fingerprint density at radius 3 is 2.35 bits per heavy atom. The fourth-order valence-corrected chi connectivity index (χ4v) is 6.65. The maximum Gasteiger partial charge on any atom is 0.410 e. The number of aromatic nitrogens is 2. The Labute approximate surface area is 257 Å². The minimum Gasteiger partial charge on any atom is -0.444 e. The topological polar surface area (TPSA) is 131 Å². The first kappa shape index (κ1) is 34.6. The lowest BCUT2D eigenvalue weighted by atomic mass is 9.82. The first-order valence-corrected chi connectivity index (χ1v) is 16.8. The number of imidazole rings is 1. The molecular weight excluding hydrogens is 568 g/mol. The van der Waals surface area contributed by atoms with Gasteiger partial charge in [0.2, 0.25) is 5.91 Å². The van der Waals surface area contributed by atoms with Gasteiger partial charge in [0.15, 0.2) is 0 Å². The van der Waals surface area contributed by atoms with E-state index in [0.717, 1.165) is 35.2 Å². The van der Waals surface area contributed by atoms with Crippen molar-refractivity contribution in [3.63, 3.8) is 0 Å². The maximum atomic E-state index is 13.9. The molecule has 2 amide bonds. The summed E-state index contributed by atoms with van der Waals surface area (Å²) in [6, 6.07) is 4.97. The van der Waals surface area contributed by atoms with Crippen LogP contribution in [0.25, 0.3) is 0 Å². The van der Waals surface area contributed by atoms with Gasteiger partial charge >= 0.3 is 6.09 Å². The lowest BCUT2D eigenvalue weighted by molar-refractivity contribution is -0.128. The summed E-state index contributed by atoms with van der Waals surface area (Å²) >= 11 is 0. The lowest BCUT2D eigenvalue weighted by Gasteiger charge is -2.34. The van der Waals surface area contributed by atoms with Crippen LogP contribution >= 0.6 is 0 Å². The number of likely N-dealkylation sites (N-methyl/N-ethyl adjacent to an activating group) is 1. The van der Waals surface area contributed by atoms with Gasteiger partial charge in [0.05, 0.1) is 22.7 Å². The van der Waals surface area contributed by atoms with E-state index in [1.165, 1.54) is 43.0 Å². The van der Waals surface area contributed by atoms with E-state index in [1.807, 2.05) is 20.8 Å². The molecule has 3 atom stereocenters. The Kier molecular flexibility index (Phi) is 11.8. The van der Waals surface area contributed by atoms with Crippen LogP contribution in [0.3, 0.4) is 0 Å². The summed E-state index contributed by atoms with van der Waals surface area (Å²) in [6.45, 7) is 11.2. The minimum absolute atomic E-state index is 0.0472. The summed E-state index contributed by atoms with van der Waals surface area (Å²) in [5, 5.41) is 14.2. The van der Waals surface area contributed by atoms with Gasteiger partial charge in [-0.05, 0) is 64.5 Å². The van der Waals surface area contributed by atoms with Crippen molar-refractivity contribution >= 4 is 22.0 Å². The van der Waals surface area contributed by atoms with E-state index in [2.05, 4.69) is 10.3 Å². The van der Waals surface area contributed by atoms with Crippen LogP contribution in [0.5, 0.6) is 0 Å². The van der Waals surface area contributed by atoms with Crippen molar-refractivity contribution in [2.75, 3.05) is 7.05 Å². The van der Waals surface area contributed by atoms with E-state index in [-0.39, 0.29) is 17.2 Å². The van der Waals surface area contributed by atoms with Gasteiger partial charge in [0.25, 0.3) is 10.0 Å². The number of carbonyl (C=O) groups is 2. The summed E-state index contributed by atoms with van der Waals surface area (Å²) in [6.07, 6.45) is 7.90. The monoisotopic (exact) mass is 618 g/mol. The Balaban J connectivity index is 1.88. The molecule has 43 heavy (non-hydrogen) atoms. The molecule has 1 fully saturated rings. The van der Waals surface area contributed by atoms with E-state index >= 15 is 0 Å². The molecule has 1 saturated carbocycles. The van der Waals surface area contributed by atoms with Crippen LogP contribution in [0.1, 0.15) is 90.8 Å². The summed E-state index contributed by atoms with van der Waals surface area (Å²) in [5.41, 5.74) is 0.468. The fraction of sp³-hybridized carbons (Fsp3) is 0.656. The molecule has 0 radical (unpaired) electrons. The van der Waals surface area contributed by atoms with Gasteiger partial charge in [-0.15, -0.1) is 0 Å². The second-order valence-corrected chi connectivity index (χ2v) is 15.2. The van der Waals surface area contributed by atoms with E-state index < -0.39 is 45.8 Å². The quantitative estimate of drug-likeness (QED) is 0.340. The van der Waals surface area contributed by atoms with Gasteiger partial charge in [0.1, 0.15) is 18.0 Å². The van der Waals surface area contributed by atoms with Gasteiger partial charge < -0.3 is 15.2 Å². The zero-order chi connectivity index (χ0) is 31.9. The predicted molar refractivity (Wildman–Crippen MR) is 166 cm³/mol. The summed E-state index contributed by atoms with van der Waals surface area (Å²) < 4.78 is 33.0. The van der Waals surface area contributed by atoms with Gasteiger partial charge in [-0.2, -0.15) is 0 Å². The number of aliphatic hydroxyl groups is 1. The van der Waals surface area contributed by atoms with Crippen LogP contribution < -0.4 is 5.32 Å². The molecule has 1 aliphatic carbocycles. The van der Waals surface area contributed by atoms with Crippen LogP contribution in [0.15, 0.2) is 41.7 Å². The number of carbonyl (C=O) groups excluding carboxylic acids is 2. The largest absolute Gasteiger partial charge is 0.444 e. The summed E-state index contributed by atoms with van der Waals surface area (Å²) in [5.74, 6) is 0.193. The number of hydrogen-bond donors (Lipinski definition) is 2. The molecule has 1 aromatic heterocycles. The number of benzene rings is 1. The molecule has 3 rings (SSSR count). The number of nitrogens with zero attached hydrogens (tertiary/aromatic N) is 3. The highest BCUT2D eigenvalue weighted by Crippen LogP contribution is 2.29. The third-order valence-electron chi connectivity index (χ3n) is 7.88. The van der Waals surface area contributed by atoms with Crippen LogP contribution in [0.2, 0.25) is 0 Å². The lowest BCUT2D eigenvalue weighted by Crippen LogP contribution is -2.55. The molecule has 1 heterocycles. The normalized spacial score (nSPS) is 16.9. The molecule has 0 saturated heterocycles. The van der Waals surface area contributed by atoms with Crippen LogP contribution in [0, 0.1) is 18.8 Å². The zero-order valence-electron chi connectivity index (χ0n) is 26.7. The van der Waals surface area contributed by atoms with Gasteiger partial charge in [-0.1, -0.05) is 63.6 Å². The van der Waals surface area contributed by atoms with Crippen molar-refractivity contribution in [3.05, 3.63) is 48.0 Å². The molecule has 2 aromatic rings. The standard InChI is InChI=1S/C32H50N4O6S/c1-22(2)17-29(37)27(18-24-11-9-8-10-12-24)34-30(38)28(35(7)31(39)42-32(4,5)6)19-25-20-36(21-33-25)43(40,41)26-15-13-23(3)14-16-26/h13-16,20-22,24,27-29,37H,8-12,17-19H2,1-7H3,(H,34,38)/t27-,28-,29-/m0/s1. The third-order valence-corrected chi connectivity index (χ3v) is 9.50. The van der Waals surface area contributed by atoms with Crippen molar-refractivity contribution in [2.24, 2.45) is 11.8 Å². The number of rotatable bonds is 12. The predicted octanol–water partition coefficient (Wildman–Crippen LogP) is 5.07. The summed E-state index contributed by atoms with van der Waals surface area (Å²) in [7, 11) is -2.41. The Morgan fingerprint density at radius 1 is 1.14 bits per heavy atom. The second-order valence-electron chi connectivity index (χ2n) is 13.4. The van der Waals surface area contributed by atoms with Gasteiger partial charge in [-0.25, -0.2) is 22.2 Å². The van der Waals surface area contributed by atoms with E-state index in [9.17, 15) is 23.1 Å². The highest BCUT2D eigenvalue weighted by Gasteiger charge is 2.35. The minimum atomic E-state index is -3.89. The molecule has 0 bridgehead atoms. The Bertz CT molecular complexity index is 1310. The maximum absolute atomic E-state index is 13.9. The number of aryl methyl sites for hydroxylation is 1. The molecule has 2 N–H and O–H groups in total. The fourth-order valence-electron chi connectivity index (χ4n) is 5.50. The van der Waals surface area contributed by atoms with Gasteiger partial charge in [0, 0.05) is 19.7 Å². The average Bonchev–Trinajstić information content (AvgIpc) is 3.40. The highest BCUT2D eigenvalue weighted by atomic mass is 32.2. The van der Waals surface area contributed by atoms with Crippen LogP contribution in [0.4, 0.5) is 4.79 Å². The molecule has 10 nitrogen and oxygen atoms in total.